The smallest absolute Gasteiger partial charge is 0.127 e. The maximum absolute atomic E-state index is 6.25. The molecule has 0 heterocycles. The Hall–Kier alpha value is -1.33. The molecule has 0 aliphatic heterocycles. The molecule has 36 heavy (non-hydrogen) atoms. The summed E-state index contributed by atoms with van der Waals surface area (Å²) in [6.45, 7) is 14.2. The molecule has 0 bridgehead atoms. The molecule has 2 aliphatic rings. The van der Waals surface area contributed by atoms with Crippen LogP contribution in [0.3, 0.4) is 0 Å². The molecular formula is C34H51OP. The molecule has 1 nitrogen and oxygen atoms in total. The molecule has 2 heteroatoms. The zero-order valence-electron chi connectivity index (χ0n) is 24.2. The maximum Gasteiger partial charge on any atom is 0.127 e. The number of methoxy groups -OCH3 is 1. The van der Waals surface area contributed by atoms with Crippen LogP contribution in [0.2, 0.25) is 0 Å². The van der Waals surface area contributed by atoms with Gasteiger partial charge in [0.25, 0.3) is 0 Å². The van der Waals surface area contributed by atoms with Crippen LogP contribution in [0.4, 0.5) is 0 Å². The average Bonchev–Trinajstić information content (AvgIpc) is 2.89. The van der Waals surface area contributed by atoms with E-state index >= 15 is 0 Å². The Morgan fingerprint density at radius 3 is 1.61 bits per heavy atom. The Bertz CT molecular complexity index is 945. The first-order valence-corrected chi connectivity index (χ1v) is 16.4. The molecule has 0 saturated heterocycles. The minimum atomic E-state index is -0.272. The molecule has 0 radical (unpaired) electrons. The summed E-state index contributed by atoms with van der Waals surface area (Å²) in [7, 11) is 1.64. The molecule has 2 aromatic rings. The first-order chi connectivity index (χ1) is 17.3. The van der Waals surface area contributed by atoms with E-state index in [4.69, 9.17) is 4.74 Å². The summed E-state index contributed by atoms with van der Waals surface area (Å²) in [5.41, 5.74) is 9.27. The van der Waals surface area contributed by atoms with Crippen LogP contribution in [0.25, 0.3) is 11.1 Å². The summed E-state index contributed by atoms with van der Waals surface area (Å²) in [4.78, 5) is 0. The van der Waals surface area contributed by atoms with E-state index in [9.17, 15) is 0 Å². The summed E-state index contributed by atoms with van der Waals surface area (Å²) in [5.74, 6) is 2.68. The number of rotatable bonds is 8. The summed E-state index contributed by atoms with van der Waals surface area (Å²) >= 11 is 0. The van der Waals surface area contributed by atoms with E-state index in [-0.39, 0.29) is 7.92 Å². The minimum absolute atomic E-state index is 0.272. The second-order valence-corrected chi connectivity index (χ2v) is 15.1. The van der Waals surface area contributed by atoms with Gasteiger partial charge in [-0.1, -0.05) is 112 Å². The number of benzene rings is 2. The van der Waals surface area contributed by atoms with Gasteiger partial charge in [-0.15, -0.1) is 0 Å². The van der Waals surface area contributed by atoms with Gasteiger partial charge in [-0.25, -0.2) is 0 Å². The van der Waals surface area contributed by atoms with Crippen LogP contribution in [0, 0.1) is 0 Å². The Morgan fingerprint density at radius 1 is 0.694 bits per heavy atom. The summed E-state index contributed by atoms with van der Waals surface area (Å²) < 4.78 is 6.25. The molecule has 0 N–H and O–H groups in total. The standard InChI is InChI=1S/C34H51OP/c1-23(2)26-21-30(24(3)4)33(31(22-26)25(5)6)29-19-14-20-32(35-7)34(29)36(27-15-10-8-11-16-27)28-17-12-9-13-18-28/h14,19-25,27-28H,8-13,15-18H2,1-7H3. The second-order valence-electron chi connectivity index (χ2n) is 12.4. The zero-order valence-corrected chi connectivity index (χ0v) is 25.1. The van der Waals surface area contributed by atoms with E-state index in [2.05, 4.69) is 71.9 Å². The number of hydrogen-bond donors (Lipinski definition) is 0. The highest BCUT2D eigenvalue weighted by atomic mass is 31.1. The third kappa shape index (κ3) is 5.88. The third-order valence-electron chi connectivity index (χ3n) is 8.82. The topological polar surface area (TPSA) is 9.23 Å². The van der Waals surface area contributed by atoms with Crippen molar-refractivity contribution in [2.45, 2.75) is 135 Å². The first-order valence-electron chi connectivity index (χ1n) is 15.0. The summed E-state index contributed by atoms with van der Waals surface area (Å²) in [5, 5.41) is 1.61. The van der Waals surface area contributed by atoms with Crippen LogP contribution < -0.4 is 10.0 Å². The van der Waals surface area contributed by atoms with Crippen LogP contribution in [0.5, 0.6) is 5.75 Å². The summed E-state index contributed by atoms with van der Waals surface area (Å²) in [6.07, 6.45) is 14.2. The monoisotopic (exact) mass is 506 g/mol. The molecule has 2 aliphatic carbocycles. The average molecular weight is 507 g/mol. The molecule has 0 spiro atoms. The van der Waals surface area contributed by atoms with E-state index in [0.29, 0.717) is 17.8 Å². The van der Waals surface area contributed by atoms with Gasteiger partial charge < -0.3 is 4.74 Å². The molecule has 2 aromatic carbocycles. The van der Waals surface area contributed by atoms with Crippen molar-refractivity contribution in [2.24, 2.45) is 0 Å². The highest BCUT2D eigenvalue weighted by Crippen LogP contribution is 2.58. The lowest BCUT2D eigenvalue weighted by Crippen LogP contribution is -2.28. The van der Waals surface area contributed by atoms with Crippen LogP contribution in [-0.4, -0.2) is 18.4 Å². The SMILES string of the molecule is COc1cccc(-c2c(C(C)C)cc(C(C)C)cc2C(C)C)c1P(C1CCCCC1)C1CCCCC1. The van der Waals surface area contributed by atoms with Crippen LogP contribution in [-0.2, 0) is 0 Å². The van der Waals surface area contributed by atoms with E-state index in [1.165, 1.54) is 92.0 Å². The van der Waals surface area contributed by atoms with Crippen molar-refractivity contribution >= 4 is 13.2 Å². The molecule has 4 rings (SSSR count). The third-order valence-corrected chi connectivity index (χ3v) is 12.4. The van der Waals surface area contributed by atoms with Gasteiger partial charge in [0.05, 0.1) is 7.11 Å². The van der Waals surface area contributed by atoms with E-state index in [1.807, 2.05) is 7.11 Å². The molecular weight excluding hydrogens is 455 g/mol. The fourth-order valence-electron chi connectivity index (χ4n) is 6.80. The molecule has 0 aromatic heterocycles. The lowest BCUT2D eigenvalue weighted by molar-refractivity contribution is 0.418. The normalized spacial score (nSPS) is 18.1. The number of ether oxygens (including phenoxy) is 1. The predicted molar refractivity (Wildman–Crippen MR) is 161 cm³/mol. The Kier molecular flexibility index (Phi) is 9.60. The quantitative estimate of drug-likeness (QED) is 0.324. The van der Waals surface area contributed by atoms with Crippen LogP contribution in [0.15, 0.2) is 30.3 Å². The number of hydrogen-bond acceptors (Lipinski definition) is 1. The van der Waals surface area contributed by atoms with Crippen molar-refractivity contribution in [2.75, 3.05) is 7.11 Å². The van der Waals surface area contributed by atoms with E-state index in [1.54, 1.807) is 5.30 Å². The van der Waals surface area contributed by atoms with Gasteiger partial charge in [0.1, 0.15) is 5.75 Å². The largest absolute Gasteiger partial charge is 0.496 e. The molecule has 2 saturated carbocycles. The lowest BCUT2D eigenvalue weighted by atomic mass is 9.81. The molecule has 0 amide bonds. The van der Waals surface area contributed by atoms with Gasteiger partial charge in [0.15, 0.2) is 0 Å². The second kappa shape index (κ2) is 12.5. The molecule has 2 fully saturated rings. The van der Waals surface area contributed by atoms with Crippen molar-refractivity contribution in [3.05, 3.63) is 47.0 Å². The summed E-state index contributed by atoms with van der Waals surface area (Å²) in [6, 6.07) is 12.1. The van der Waals surface area contributed by atoms with Crippen LogP contribution in [0.1, 0.15) is 140 Å². The van der Waals surface area contributed by atoms with Gasteiger partial charge in [0, 0.05) is 5.30 Å². The highest BCUT2D eigenvalue weighted by molar-refractivity contribution is 7.67. The Labute approximate surface area is 223 Å². The maximum atomic E-state index is 6.25. The van der Waals surface area contributed by atoms with Crippen molar-refractivity contribution in [1.29, 1.82) is 0 Å². The first kappa shape index (κ1) is 27.7. The highest BCUT2D eigenvalue weighted by Gasteiger charge is 2.36. The fraction of sp³-hybridized carbons (Fsp3) is 0.647. The van der Waals surface area contributed by atoms with E-state index in [0.717, 1.165) is 17.1 Å². The van der Waals surface area contributed by atoms with Crippen molar-refractivity contribution in [3.63, 3.8) is 0 Å². The molecule has 198 valence electrons. The van der Waals surface area contributed by atoms with Crippen molar-refractivity contribution < 1.29 is 4.74 Å². The van der Waals surface area contributed by atoms with E-state index < -0.39 is 0 Å². The van der Waals surface area contributed by atoms with Gasteiger partial charge in [0.2, 0.25) is 0 Å². The predicted octanol–water partition coefficient (Wildman–Crippen LogP) is 10.5. The Morgan fingerprint density at radius 2 is 1.19 bits per heavy atom. The molecule has 0 atom stereocenters. The Balaban J connectivity index is 2.00. The fourth-order valence-corrected chi connectivity index (χ4v) is 10.9. The van der Waals surface area contributed by atoms with Gasteiger partial charge in [-0.05, 0) is 88.6 Å². The van der Waals surface area contributed by atoms with Crippen molar-refractivity contribution in [1.82, 2.24) is 0 Å². The van der Waals surface area contributed by atoms with Crippen LogP contribution >= 0.6 is 7.92 Å². The van der Waals surface area contributed by atoms with Gasteiger partial charge in [-0.3, -0.25) is 0 Å². The van der Waals surface area contributed by atoms with Gasteiger partial charge >= 0.3 is 0 Å². The minimum Gasteiger partial charge on any atom is -0.496 e. The lowest BCUT2D eigenvalue weighted by Gasteiger charge is -2.40. The zero-order chi connectivity index (χ0) is 25.8. The molecule has 0 unspecified atom stereocenters. The van der Waals surface area contributed by atoms with Gasteiger partial charge in [-0.2, -0.15) is 0 Å². The van der Waals surface area contributed by atoms with Crippen molar-refractivity contribution in [3.8, 4) is 16.9 Å².